The average Bonchev–Trinajstić information content (AvgIpc) is 2.85. The van der Waals surface area contributed by atoms with Gasteiger partial charge in [0.2, 0.25) is 5.95 Å². The monoisotopic (exact) mass is 416 g/mol. The van der Waals surface area contributed by atoms with Crippen molar-refractivity contribution in [3.63, 3.8) is 0 Å². The molecule has 0 bridgehead atoms. The second-order valence-electron chi connectivity index (χ2n) is 6.80. The van der Waals surface area contributed by atoms with E-state index < -0.39 is 5.56 Å². The van der Waals surface area contributed by atoms with Crippen LogP contribution < -0.4 is 11.0 Å². The summed E-state index contributed by atoms with van der Waals surface area (Å²) in [5.74, 6) is 0.137. The molecule has 0 amide bonds. The van der Waals surface area contributed by atoms with E-state index in [0.717, 1.165) is 16.7 Å². The Morgan fingerprint density at radius 1 is 0.844 bits per heavy atom. The Kier molecular flexibility index (Phi) is 5.83. The summed E-state index contributed by atoms with van der Waals surface area (Å²) in [5, 5.41) is 22.4. The van der Waals surface area contributed by atoms with E-state index in [2.05, 4.69) is 26.6 Å². The molecule has 0 radical (unpaired) electrons. The highest BCUT2D eigenvalue weighted by atomic mass is 16.1. The van der Waals surface area contributed by atoms with Crippen LogP contribution in [0.4, 0.5) is 5.95 Å². The third-order valence-corrected chi connectivity index (χ3v) is 4.72. The third-order valence-electron chi connectivity index (χ3n) is 4.72. The molecule has 1 aromatic heterocycles. The number of hydrogen-bond donors (Lipinski definition) is 2. The van der Waals surface area contributed by atoms with Gasteiger partial charge in [0.1, 0.15) is 11.6 Å². The molecule has 0 saturated carbocycles. The standard InChI is InChI=1S/C25H16N6O/c26-14-17-6-10-19(11-7-17)20-12-8-18(9-13-20)16-28-31-25-29-23(21-4-2-1-3-5-21)22(15-27)24(32)30-25/h1-13,16H,(H2,29,30,31,32). The second kappa shape index (κ2) is 9.21. The summed E-state index contributed by atoms with van der Waals surface area (Å²) in [6.07, 6.45) is 1.60. The van der Waals surface area contributed by atoms with E-state index in [4.69, 9.17) is 5.26 Å². The molecule has 0 aliphatic heterocycles. The van der Waals surface area contributed by atoms with Crippen molar-refractivity contribution in [3.8, 4) is 34.5 Å². The van der Waals surface area contributed by atoms with Crippen molar-refractivity contribution < 1.29 is 0 Å². The van der Waals surface area contributed by atoms with E-state index in [1.807, 2.05) is 60.7 Å². The minimum absolute atomic E-state index is 0.0517. The Morgan fingerprint density at radius 2 is 1.50 bits per heavy atom. The molecule has 2 N–H and O–H groups in total. The van der Waals surface area contributed by atoms with Gasteiger partial charge in [0.05, 0.1) is 23.5 Å². The van der Waals surface area contributed by atoms with E-state index in [1.54, 1.807) is 30.5 Å². The Morgan fingerprint density at radius 3 is 2.12 bits per heavy atom. The summed E-state index contributed by atoms with van der Waals surface area (Å²) in [4.78, 5) is 19.2. The van der Waals surface area contributed by atoms with Gasteiger partial charge < -0.3 is 0 Å². The molecule has 0 aliphatic rings. The van der Waals surface area contributed by atoms with Gasteiger partial charge in [0, 0.05) is 5.56 Å². The van der Waals surface area contributed by atoms with Gasteiger partial charge in [-0.1, -0.05) is 66.7 Å². The fourth-order valence-corrected chi connectivity index (χ4v) is 3.10. The van der Waals surface area contributed by atoms with Crippen LogP contribution in [-0.2, 0) is 0 Å². The van der Waals surface area contributed by atoms with Crippen LogP contribution in [0.3, 0.4) is 0 Å². The first kappa shape index (κ1) is 20.3. The number of hydrogen-bond acceptors (Lipinski definition) is 6. The fourth-order valence-electron chi connectivity index (χ4n) is 3.10. The van der Waals surface area contributed by atoms with E-state index >= 15 is 0 Å². The van der Waals surface area contributed by atoms with Gasteiger partial charge in [-0.05, 0) is 28.8 Å². The molecule has 4 rings (SSSR count). The van der Waals surface area contributed by atoms with Crippen molar-refractivity contribution >= 4 is 12.2 Å². The maximum Gasteiger partial charge on any atom is 0.270 e. The third kappa shape index (κ3) is 4.43. The van der Waals surface area contributed by atoms with Crippen LogP contribution in [-0.4, -0.2) is 16.2 Å². The van der Waals surface area contributed by atoms with Crippen molar-refractivity contribution in [2.75, 3.05) is 5.43 Å². The summed E-state index contributed by atoms with van der Waals surface area (Å²) >= 11 is 0. The molecule has 3 aromatic carbocycles. The number of rotatable bonds is 5. The lowest BCUT2D eigenvalue weighted by molar-refractivity contribution is 1.08. The average molecular weight is 416 g/mol. The molecular weight excluding hydrogens is 400 g/mol. The van der Waals surface area contributed by atoms with Gasteiger partial charge in [-0.2, -0.15) is 15.6 Å². The maximum absolute atomic E-state index is 12.3. The minimum atomic E-state index is -0.536. The van der Waals surface area contributed by atoms with Crippen molar-refractivity contribution in [3.05, 3.63) is 106 Å². The number of aromatic amines is 1. The molecule has 0 spiro atoms. The molecule has 0 unspecified atom stereocenters. The summed E-state index contributed by atoms with van der Waals surface area (Å²) in [7, 11) is 0. The van der Waals surface area contributed by atoms with Crippen LogP contribution in [0.2, 0.25) is 0 Å². The van der Waals surface area contributed by atoms with Crippen molar-refractivity contribution in [2.24, 2.45) is 5.10 Å². The van der Waals surface area contributed by atoms with Gasteiger partial charge in [-0.3, -0.25) is 9.78 Å². The van der Waals surface area contributed by atoms with E-state index in [-0.39, 0.29) is 11.5 Å². The molecule has 32 heavy (non-hydrogen) atoms. The largest absolute Gasteiger partial charge is 0.290 e. The number of H-pyrrole nitrogens is 1. The number of nitriles is 2. The molecule has 0 aliphatic carbocycles. The quantitative estimate of drug-likeness (QED) is 0.372. The molecule has 0 fully saturated rings. The van der Waals surface area contributed by atoms with Crippen molar-refractivity contribution in [1.82, 2.24) is 9.97 Å². The molecule has 7 heteroatoms. The number of hydrazone groups is 1. The van der Waals surface area contributed by atoms with Gasteiger partial charge in [-0.25, -0.2) is 10.4 Å². The first-order valence-electron chi connectivity index (χ1n) is 9.67. The highest BCUT2D eigenvalue weighted by Gasteiger charge is 2.12. The Balaban J connectivity index is 1.52. The van der Waals surface area contributed by atoms with Crippen LogP contribution in [0.5, 0.6) is 0 Å². The summed E-state index contributed by atoms with van der Waals surface area (Å²) in [5.41, 5.74) is 6.58. The smallest absolute Gasteiger partial charge is 0.270 e. The Hall–Kier alpha value is -5.01. The minimum Gasteiger partial charge on any atom is -0.290 e. The number of nitrogens with zero attached hydrogens (tertiary/aromatic N) is 4. The molecular formula is C25H16N6O. The van der Waals surface area contributed by atoms with Crippen molar-refractivity contribution in [2.45, 2.75) is 0 Å². The predicted octanol–water partition coefficient (Wildman–Crippen LogP) is 4.29. The molecule has 0 saturated heterocycles. The zero-order valence-electron chi connectivity index (χ0n) is 16.8. The van der Waals surface area contributed by atoms with Gasteiger partial charge in [0.25, 0.3) is 5.56 Å². The molecule has 1 heterocycles. The highest BCUT2D eigenvalue weighted by molar-refractivity contribution is 5.81. The van der Waals surface area contributed by atoms with Crippen LogP contribution in [0.15, 0.2) is 88.8 Å². The maximum atomic E-state index is 12.3. The van der Waals surface area contributed by atoms with Gasteiger partial charge >= 0.3 is 0 Å². The SMILES string of the molecule is N#Cc1ccc(-c2ccc(C=NNc3nc(-c4ccccc4)c(C#N)c(=O)[nH]3)cc2)cc1. The number of anilines is 1. The van der Waals surface area contributed by atoms with Crippen LogP contribution >= 0.6 is 0 Å². The molecule has 7 nitrogen and oxygen atoms in total. The molecule has 4 aromatic rings. The summed E-state index contributed by atoms with van der Waals surface area (Å²) in [6.45, 7) is 0. The highest BCUT2D eigenvalue weighted by Crippen LogP contribution is 2.21. The van der Waals surface area contributed by atoms with Crippen LogP contribution in [0.1, 0.15) is 16.7 Å². The number of nitrogens with one attached hydrogen (secondary N) is 2. The normalized spacial score (nSPS) is 10.4. The van der Waals surface area contributed by atoms with Crippen LogP contribution in [0.25, 0.3) is 22.4 Å². The summed E-state index contributed by atoms with van der Waals surface area (Å²) in [6, 6.07) is 28.1. The lowest BCUT2D eigenvalue weighted by Crippen LogP contribution is -2.16. The van der Waals surface area contributed by atoms with Crippen LogP contribution in [0, 0.1) is 22.7 Å². The van der Waals surface area contributed by atoms with Crippen molar-refractivity contribution in [1.29, 1.82) is 10.5 Å². The lowest BCUT2D eigenvalue weighted by Gasteiger charge is -2.06. The van der Waals surface area contributed by atoms with Gasteiger partial charge in [-0.15, -0.1) is 0 Å². The van der Waals surface area contributed by atoms with E-state index in [9.17, 15) is 10.1 Å². The lowest BCUT2D eigenvalue weighted by atomic mass is 10.0. The first-order valence-corrected chi connectivity index (χ1v) is 9.67. The summed E-state index contributed by atoms with van der Waals surface area (Å²) < 4.78 is 0. The first-order chi connectivity index (χ1) is 15.7. The predicted molar refractivity (Wildman–Crippen MR) is 123 cm³/mol. The molecule has 0 atom stereocenters. The topological polar surface area (TPSA) is 118 Å². The Bertz CT molecular complexity index is 1410. The second-order valence-corrected chi connectivity index (χ2v) is 6.80. The van der Waals surface area contributed by atoms with E-state index in [0.29, 0.717) is 16.8 Å². The number of benzene rings is 3. The van der Waals surface area contributed by atoms with Gasteiger partial charge in [0.15, 0.2) is 0 Å². The zero-order valence-corrected chi connectivity index (χ0v) is 16.8. The fraction of sp³-hybridized carbons (Fsp3) is 0. The number of aromatic nitrogens is 2. The molecule has 152 valence electrons. The zero-order chi connectivity index (χ0) is 22.3. The Labute approximate surface area is 183 Å². The van der Waals surface area contributed by atoms with E-state index in [1.165, 1.54) is 0 Å².